The third-order valence-corrected chi connectivity index (χ3v) is 3.19. The highest BCUT2D eigenvalue weighted by Gasteiger charge is 2.30. The first-order chi connectivity index (χ1) is 7.15. The van der Waals surface area contributed by atoms with Crippen LogP contribution in [0.15, 0.2) is 0 Å². The summed E-state index contributed by atoms with van der Waals surface area (Å²) >= 11 is 0. The molecule has 0 saturated heterocycles. The maximum atomic E-state index is 11.3. The lowest BCUT2D eigenvalue weighted by Crippen LogP contribution is -2.36. The monoisotopic (exact) mass is 213 g/mol. The van der Waals surface area contributed by atoms with E-state index in [1.54, 1.807) is 0 Å². The Morgan fingerprint density at radius 2 is 2.07 bits per heavy atom. The van der Waals surface area contributed by atoms with Gasteiger partial charge in [-0.2, -0.15) is 0 Å². The van der Waals surface area contributed by atoms with Crippen molar-refractivity contribution in [3.05, 3.63) is 0 Å². The van der Waals surface area contributed by atoms with E-state index in [9.17, 15) is 4.79 Å². The summed E-state index contributed by atoms with van der Waals surface area (Å²) in [6.45, 7) is 6.97. The van der Waals surface area contributed by atoms with Crippen molar-refractivity contribution in [2.24, 2.45) is 11.8 Å². The molecule has 3 nitrogen and oxygen atoms in total. The van der Waals surface area contributed by atoms with Crippen LogP contribution in [0.25, 0.3) is 0 Å². The molecule has 2 atom stereocenters. The molecule has 0 heterocycles. The van der Waals surface area contributed by atoms with Gasteiger partial charge in [-0.3, -0.25) is 0 Å². The Labute approximate surface area is 92.6 Å². The van der Waals surface area contributed by atoms with Crippen molar-refractivity contribution < 1.29 is 9.53 Å². The Hall–Kier alpha value is -0.730. The van der Waals surface area contributed by atoms with E-state index in [1.807, 2.05) is 6.92 Å². The van der Waals surface area contributed by atoms with Crippen LogP contribution in [0, 0.1) is 11.8 Å². The zero-order valence-corrected chi connectivity index (χ0v) is 10.1. The third kappa shape index (κ3) is 3.73. The number of nitrogens with one attached hydrogen (secondary N) is 1. The molecular weight excluding hydrogens is 190 g/mol. The zero-order chi connectivity index (χ0) is 11.3. The van der Waals surface area contributed by atoms with Gasteiger partial charge in [0.1, 0.15) is 6.10 Å². The average Bonchev–Trinajstić information content (AvgIpc) is 2.18. The lowest BCUT2D eigenvalue weighted by molar-refractivity contribution is 0.0207. The summed E-state index contributed by atoms with van der Waals surface area (Å²) in [4.78, 5) is 11.3. The van der Waals surface area contributed by atoms with Crippen molar-refractivity contribution in [1.29, 1.82) is 0 Å². The summed E-state index contributed by atoms with van der Waals surface area (Å²) in [5.74, 6) is 1.14. The SMILES string of the molecule is CCNC(=O)O[C@H]1CCCC[C@@H]1C(C)C. The molecule has 0 aromatic heterocycles. The van der Waals surface area contributed by atoms with Crippen LogP contribution in [0.4, 0.5) is 4.79 Å². The molecule has 1 aliphatic carbocycles. The first kappa shape index (κ1) is 12.3. The van der Waals surface area contributed by atoms with Crippen LogP contribution < -0.4 is 5.32 Å². The lowest BCUT2D eigenvalue weighted by atomic mass is 9.79. The van der Waals surface area contributed by atoms with Crippen LogP contribution in [-0.2, 0) is 4.74 Å². The highest BCUT2D eigenvalue weighted by atomic mass is 16.6. The van der Waals surface area contributed by atoms with E-state index in [-0.39, 0.29) is 12.2 Å². The number of amides is 1. The molecule has 1 amide bonds. The molecule has 1 N–H and O–H groups in total. The van der Waals surface area contributed by atoms with Gasteiger partial charge in [0, 0.05) is 6.54 Å². The maximum absolute atomic E-state index is 11.3. The summed E-state index contributed by atoms with van der Waals surface area (Å²) in [5, 5.41) is 2.69. The minimum atomic E-state index is -0.255. The van der Waals surface area contributed by atoms with Crippen LogP contribution in [0.2, 0.25) is 0 Å². The van der Waals surface area contributed by atoms with Gasteiger partial charge in [0.15, 0.2) is 0 Å². The standard InChI is InChI=1S/C12H23NO2/c1-4-13-12(14)15-11-8-6-5-7-10(11)9(2)3/h9-11H,4-8H2,1-3H3,(H,13,14)/t10-,11+/m1/s1. The van der Waals surface area contributed by atoms with E-state index >= 15 is 0 Å². The number of carbonyl (C=O) groups excluding carboxylic acids is 1. The fourth-order valence-electron chi connectivity index (χ4n) is 2.36. The number of rotatable bonds is 3. The minimum absolute atomic E-state index is 0.130. The molecule has 3 heteroatoms. The quantitative estimate of drug-likeness (QED) is 0.782. The summed E-state index contributed by atoms with van der Waals surface area (Å²) in [5.41, 5.74) is 0. The van der Waals surface area contributed by atoms with Crippen LogP contribution >= 0.6 is 0 Å². The Kier molecular flexibility index (Phi) is 4.92. The Bertz CT molecular complexity index is 204. The van der Waals surface area contributed by atoms with E-state index in [0.29, 0.717) is 18.4 Å². The summed E-state index contributed by atoms with van der Waals surface area (Å²) < 4.78 is 5.46. The third-order valence-electron chi connectivity index (χ3n) is 3.19. The second-order valence-corrected chi connectivity index (χ2v) is 4.67. The predicted octanol–water partition coefficient (Wildman–Crippen LogP) is 2.95. The Balaban J connectivity index is 2.45. The molecule has 15 heavy (non-hydrogen) atoms. The molecule has 0 spiro atoms. The molecule has 1 rings (SSSR count). The Morgan fingerprint density at radius 1 is 1.40 bits per heavy atom. The van der Waals surface area contributed by atoms with E-state index in [0.717, 1.165) is 6.42 Å². The molecule has 0 aromatic rings. The first-order valence-corrected chi connectivity index (χ1v) is 6.09. The van der Waals surface area contributed by atoms with Gasteiger partial charge in [0.05, 0.1) is 0 Å². The molecule has 1 fully saturated rings. The summed E-state index contributed by atoms with van der Waals surface area (Å²) in [7, 11) is 0. The normalized spacial score (nSPS) is 26.4. The number of alkyl carbamates (subject to hydrolysis) is 1. The molecule has 0 unspecified atom stereocenters. The lowest BCUT2D eigenvalue weighted by Gasteiger charge is -2.33. The fraction of sp³-hybridized carbons (Fsp3) is 0.917. The second kappa shape index (κ2) is 5.99. The van der Waals surface area contributed by atoms with E-state index < -0.39 is 0 Å². The fourth-order valence-corrected chi connectivity index (χ4v) is 2.36. The molecular formula is C12H23NO2. The van der Waals surface area contributed by atoms with Crippen molar-refractivity contribution >= 4 is 6.09 Å². The predicted molar refractivity (Wildman–Crippen MR) is 60.7 cm³/mol. The van der Waals surface area contributed by atoms with Crippen molar-refractivity contribution in [3.63, 3.8) is 0 Å². The molecule has 1 saturated carbocycles. The smallest absolute Gasteiger partial charge is 0.407 e. The van der Waals surface area contributed by atoms with Crippen LogP contribution in [0.1, 0.15) is 46.5 Å². The van der Waals surface area contributed by atoms with E-state index in [4.69, 9.17) is 4.74 Å². The van der Waals surface area contributed by atoms with Gasteiger partial charge < -0.3 is 10.1 Å². The van der Waals surface area contributed by atoms with Gasteiger partial charge in [-0.05, 0) is 38.0 Å². The number of carbonyl (C=O) groups is 1. The van der Waals surface area contributed by atoms with Crippen LogP contribution in [0.5, 0.6) is 0 Å². The maximum Gasteiger partial charge on any atom is 0.407 e. The van der Waals surface area contributed by atoms with Gasteiger partial charge in [0.25, 0.3) is 0 Å². The highest BCUT2D eigenvalue weighted by molar-refractivity contribution is 5.67. The van der Waals surface area contributed by atoms with Gasteiger partial charge in [-0.1, -0.05) is 20.3 Å². The van der Waals surface area contributed by atoms with E-state index in [1.165, 1.54) is 19.3 Å². The molecule has 0 aliphatic heterocycles. The van der Waals surface area contributed by atoms with Crippen molar-refractivity contribution in [1.82, 2.24) is 5.32 Å². The highest BCUT2D eigenvalue weighted by Crippen LogP contribution is 2.32. The number of hydrogen-bond acceptors (Lipinski definition) is 2. The largest absolute Gasteiger partial charge is 0.446 e. The topological polar surface area (TPSA) is 38.3 Å². The number of ether oxygens (including phenoxy) is 1. The summed E-state index contributed by atoms with van der Waals surface area (Å²) in [6.07, 6.45) is 4.56. The molecule has 88 valence electrons. The van der Waals surface area contributed by atoms with Gasteiger partial charge in [-0.25, -0.2) is 4.79 Å². The molecule has 0 radical (unpaired) electrons. The van der Waals surface area contributed by atoms with Crippen LogP contribution in [0.3, 0.4) is 0 Å². The Morgan fingerprint density at radius 3 is 2.67 bits per heavy atom. The number of hydrogen-bond donors (Lipinski definition) is 1. The zero-order valence-electron chi connectivity index (χ0n) is 10.1. The summed E-state index contributed by atoms with van der Waals surface area (Å²) in [6, 6.07) is 0. The second-order valence-electron chi connectivity index (χ2n) is 4.67. The van der Waals surface area contributed by atoms with Crippen molar-refractivity contribution in [2.45, 2.75) is 52.6 Å². The van der Waals surface area contributed by atoms with Gasteiger partial charge in [-0.15, -0.1) is 0 Å². The molecule has 1 aliphatic rings. The van der Waals surface area contributed by atoms with Crippen molar-refractivity contribution in [3.8, 4) is 0 Å². The van der Waals surface area contributed by atoms with E-state index in [2.05, 4.69) is 19.2 Å². The van der Waals surface area contributed by atoms with Gasteiger partial charge >= 0.3 is 6.09 Å². The minimum Gasteiger partial charge on any atom is -0.446 e. The molecule has 0 bridgehead atoms. The van der Waals surface area contributed by atoms with Gasteiger partial charge in [0.2, 0.25) is 0 Å². The van der Waals surface area contributed by atoms with Crippen LogP contribution in [-0.4, -0.2) is 18.7 Å². The molecule has 0 aromatic carbocycles. The van der Waals surface area contributed by atoms with Crippen molar-refractivity contribution in [2.75, 3.05) is 6.54 Å². The average molecular weight is 213 g/mol. The first-order valence-electron chi connectivity index (χ1n) is 6.09.